The summed E-state index contributed by atoms with van der Waals surface area (Å²) in [6.45, 7) is 0.137. The highest BCUT2D eigenvalue weighted by atomic mass is 35.5. The summed E-state index contributed by atoms with van der Waals surface area (Å²) >= 11 is 5.86. The van der Waals surface area contributed by atoms with Crippen molar-refractivity contribution < 1.29 is 18.4 Å². The predicted octanol–water partition coefficient (Wildman–Crippen LogP) is 4.83. The molecule has 1 fully saturated rings. The van der Waals surface area contributed by atoms with Crippen LogP contribution in [0.3, 0.4) is 0 Å². The lowest BCUT2D eigenvalue weighted by Crippen LogP contribution is -2.30. The molecular formula is C21H14ClFN2O3. The van der Waals surface area contributed by atoms with Crippen LogP contribution in [0.5, 0.6) is 0 Å². The number of benzene rings is 2. The molecule has 2 aromatic carbocycles. The summed E-state index contributed by atoms with van der Waals surface area (Å²) in [4.78, 5) is 25.9. The van der Waals surface area contributed by atoms with E-state index in [1.165, 1.54) is 18.2 Å². The van der Waals surface area contributed by atoms with Gasteiger partial charge in [0.15, 0.2) is 0 Å². The minimum atomic E-state index is -0.503. The summed E-state index contributed by atoms with van der Waals surface area (Å²) in [7, 11) is 0. The molecule has 5 nitrogen and oxygen atoms in total. The van der Waals surface area contributed by atoms with Gasteiger partial charge in [-0.15, -0.1) is 0 Å². The maximum Gasteiger partial charge on any atom is 0.329 e. The smallest absolute Gasteiger partial charge is 0.329 e. The molecule has 2 heterocycles. The summed E-state index contributed by atoms with van der Waals surface area (Å²) in [5, 5.41) is 3.13. The molecule has 0 atom stereocenters. The zero-order valence-corrected chi connectivity index (χ0v) is 15.2. The standard InChI is InChI=1S/C21H14ClFN2O3/c22-15-5-1-13(2-6-15)12-25-20(26)18(24-21(25)27)11-17-9-10-19(28-17)14-3-7-16(23)8-4-14/h1-11H,12H2,(H,24,27)/b18-11-. The summed E-state index contributed by atoms with van der Waals surface area (Å²) in [5.74, 6) is 0.148. The van der Waals surface area contributed by atoms with E-state index in [1.807, 2.05) is 0 Å². The Kier molecular flexibility index (Phi) is 4.71. The van der Waals surface area contributed by atoms with Gasteiger partial charge in [0, 0.05) is 16.7 Å². The molecule has 0 spiro atoms. The Bertz CT molecular complexity index is 1070. The van der Waals surface area contributed by atoms with Crippen LogP contribution in [-0.4, -0.2) is 16.8 Å². The van der Waals surface area contributed by atoms with Crippen LogP contribution in [0.15, 0.2) is 70.8 Å². The Hall–Kier alpha value is -3.38. The Morgan fingerprint density at radius 3 is 2.43 bits per heavy atom. The van der Waals surface area contributed by atoms with Gasteiger partial charge in [-0.3, -0.25) is 9.69 Å². The highest BCUT2D eigenvalue weighted by Crippen LogP contribution is 2.25. The molecule has 7 heteroatoms. The molecule has 1 aliphatic heterocycles. The van der Waals surface area contributed by atoms with E-state index in [9.17, 15) is 14.0 Å². The van der Waals surface area contributed by atoms with Gasteiger partial charge in [0.1, 0.15) is 23.0 Å². The van der Waals surface area contributed by atoms with Gasteiger partial charge in [-0.25, -0.2) is 9.18 Å². The second-order valence-corrected chi connectivity index (χ2v) is 6.65. The number of furan rings is 1. The van der Waals surface area contributed by atoms with Crippen molar-refractivity contribution in [1.29, 1.82) is 0 Å². The van der Waals surface area contributed by atoms with Crippen LogP contribution in [0.25, 0.3) is 17.4 Å². The van der Waals surface area contributed by atoms with Crippen LogP contribution in [0.1, 0.15) is 11.3 Å². The maximum atomic E-state index is 13.0. The average molecular weight is 397 g/mol. The van der Waals surface area contributed by atoms with E-state index in [-0.39, 0.29) is 18.1 Å². The highest BCUT2D eigenvalue weighted by molar-refractivity contribution is 6.30. The van der Waals surface area contributed by atoms with Crippen LogP contribution >= 0.6 is 11.6 Å². The fourth-order valence-electron chi connectivity index (χ4n) is 2.83. The van der Waals surface area contributed by atoms with E-state index in [0.29, 0.717) is 22.1 Å². The first-order valence-electron chi connectivity index (χ1n) is 8.44. The summed E-state index contributed by atoms with van der Waals surface area (Å²) in [5.41, 5.74) is 1.61. The number of amides is 3. The fraction of sp³-hybridized carbons (Fsp3) is 0.0476. The van der Waals surface area contributed by atoms with E-state index in [2.05, 4.69) is 5.32 Å². The zero-order valence-electron chi connectivity index (χ0n) is 14.5. The number of carbonyl (C=O) groups excluding carboxylic acids is 2. The van der Waals surface area contributed by atoms with Gasteiger partial charge >= 0.3 is 6.03 Å². The number of rotatable bonds is 4. The van der Waals surface area contributed by atoms with Gasteiger partial charge in [0.2, 0.25) is 0 Å². The molecule has 3 amide bonds. The number of hydrogen-bond acceptors (Lipinski definition) is 3. The van der Waals surface area contributed by atoms with Crippen molar-refractivity contribution in [2.45, 2.75) is 6.54 Å². The first-order valence-corrected chi connectivity index (χ1v) is 8.82. The number of nitrogens with one attached hydrogen (secondary N) is 1. The molecule has 0 unspecified atom stereocenters. The molecule has 0 aliphatic carbocycles. The normalized spacial score (nSPS) is 15.4. The van der Waals surface area contributed by atoms with Crippen molar-refractivity contribution in [1.82, 2.24) is 10.2 Å². The third-order valence-electron chi connectivity index (χ3n) is 4.26. The summed E-state index contributed by atoms with van der Waals surface area (Å²) in [6.07, 6.45) is 1.47. The summed E-state index contributed by atoms with van der Waals surface area (Å²) < 4.78 is 18.7. The number of imide groups is 1. The third-order valence-corrected chi connectivity index (χ3v) is 4.51. The van der Waals surface area contributed by atoms with Crippen molar-refractivity contribution >= 4 is 29.6 Å². The van der Waals surface area contributed by atoms with Gasteiger partial charge < -0.3 is 9.73 Å². The summed E-state index contributed by atoms with van der Waals surface area (Å²) in [6, 6.07) is 15.7. The molecule has 140 valence electrons. The number of carbonyl (C=O) groups is 2. The second-order valence-electron chi connectivity index (χ2n) is 6.21. The monoisotopic (exact) mass is 396 g/mol. The minimum absolute atomic E-state index is 0.124. The average Bonchev–Trinajstić information content (AvgIpc) is 3.24. The molecule has 1 N–H and O–H groups in total. The molecule has 1 saturated heterocycles. The van der Waals surface area contributed by atoms with Gasteiger partial charge in [-0.05, 0) is 54.1 Å². The number of nitrogens with zero attached hydrogens (tertiary/aromatic N) is 1. The van der Waals surface area contributed by atoms with E-state index in [0.717, 1.165) is 10.5 Å². The molecular weight excluding hydrogens is 383 g/mol. The van der Waals surface area contributed by atoms with Crippen LogP contribution in [0.2, 0.25) is 5.02 Å². The lowest BCUT2D eigenvalue weighted by Gasteiger charge is -2.11. The van der Waals surface area contributed by atoms with Crippen molar-refractivity contribution in [3.63, 3.8) is 0 Å². The molecule has 28 heavy (non-hydrogen) atoms. The molecule has 1 aliphatic rings. The first kappa shape index (κ1) is 18.0. The maximum absolute atomic E-state index is 13.0. The molecule has 0 bridgehead atoms. The highest BCUT2D eigenvalue weighted by Gasteiger charge is 2.33. The number of halogens is 2. The third kappa shape index (κ3) is 3.68. The Balaban J connectivity index is 1.52. The molecule has 4 rings (SSSR count). The largest absolute Gasteiger partial charge is 0.457 e. The van der Waals surface area contributed by atoms with Gasteiger partial charge in [0.05, 0.1) is 6.54 Å². The van der Waals surface area contributed by atoms with Gasteiger partial charge in [0.25, 0.3) is 5.91 Å². The van der Waals surface area contributed by atoms with E-state index >= 15 is 0 Å². The van der Waals surface area contributed by atoms with Crippen molar-refractivity contribution in [2.75, 3.05) is 0 Å². The van der Waals surface area contributed by atoms with E-state index in [4.69, 9.17) is 16.0 Å². The van der Waals surface area contributed by atoms with E-state index in [1.54, 1.807) is 48.5 Å². The number of urea groups is 1. The van der Waals surface area contributed by atoms with Crippen LogP contribution in [-0.2, 0) is 11.3 Å². The molecule has 1 aromatic heterocycles. The van der Waals surface area contributed by atoms with Gasteiger partial charge in [-0.1, -0.05) is 23.7 Å². The van der Waals surface area contributed by atoms with Crippen molar-refractivity contribution in [3.8, 4) is 11.3 Å². The SMILES string of the molecule is O=C1N/C(=C\c2ccc(-c3ccc(F)cc3)o2)C(=O)N1Cc1ccc(Cl)cc1. The quantitative estimate of drug-likeness (QED) is 0.507. The molecule has 0 radical (unpaired) electrons. The van der Waals surface area contributed by atoms with E-state index < -0.39 is 11.9 Å². The van der Waals surface area contributed by atoms with Crippen molar-refractivity contribution in [3.05, 3.63) is 88.5 Å². The van der Waals surface area contributed by atoms with Crippen LogP contribution in [0, 0.1) is 5.82 Å². The lowest BCUT2D eigenvalue weighted by atomic mass is 10.2. The second kappa shape index (κ2) is 7.32. The Labute approximate surface area is 165 Å². The Morgan fingerprint density at radius 2 is 1.71 bits per heavy atom. The lowest BCUT2D eigenvalue weighted by molar-refractivity contribution is -0.123. The number of hydrogen-bond donors (Lipinski definition) is 1. The van der Waals surface area contributed by atoms with Gasteiger partial charge in [-0.2, -0.15) is 0 Å². The topological polar surface area (TPSA) is 62.6 Å². The predicted molar refractivity (Wildman–Crippen MR) is 103 cm³/mol. The molecule has 3 aromatic rings. The first-order chi connectivity index (χ1) is 13.5. The Morgan fingerprint density at radius 1 is 1.00 bits per heavy atom. The zero-order chi connectivity index (χ0) is 19.7. The fourth-order valence-corrected chi connectivity index (χ4v) is 2.96. The van der Waals surface area contributed by atoms with Crippen LogP contribution < -0.4 is 5.32 Å². The van der Waals surface area contributed by atoms with Crippen molar-refractivity contribution in [2.24, 2.45) is 0 Å². The minimum Gasteiger partial charge on any atom is -0.457 e. The van der Waals surface area contributed by atoms with Crippen LogP contribution in [0.4, 0.5) is 9.18 Å². The molecule has 0 saturated carbocycles.